The molecule has 12 atom stereocenters. The van der Waals surface area contributed by atoms with E-state index in [4.69, 9.17) is 0 Å². The molecule has 0 bridgehead atoms. The summed E-state index contributed by atoms with van der Waals surface area (Å²) in [5, 5.41) is 29.3. The van der Waals surface area contributed by atoms with E-state index in [0.717, 1.165) is 43.8 Å². The summed E-state index contributed by atoms with van der Waals surface area (Å²) >= 11 is 0. The largest absolute Gasteiger partial charge is 0.390 e. The first-order valence-electron chi connectivity index (χ1n) is 33.1. The van der Waals surface area contributed by atoms with E-state index in [1.165, 1.54) is 56.7 Å². The van der Waals surface area contributed by atoms with Crippen LogP contribution in [0.25, 0.3) is 0 Å². The molecule has 12 unspecified atom stereocenters. The summed E-state index contributed by atoms with van der Waals surface area (Å²) in [6.07, 6.45) is 6.55. The van der Waals surface area contributed by atoms with Crippen LogP contribution in [0.3, 0.4) is 0 Å². The number of likely N-dealkylation sites (N-methyl/N-ethyl adjacent to an activating group) is 6. The average molecular weight is 1280 g/mol. The van der Waals surface area contributed by atoms with E-state index in [1.807, 2.05) is 90.0 Å². The van der Waals surface area contributed by atoms with Crippen molar-refractivity contribution in [2.45, 2.75) is 247 Å². The molecule has 8 amide bonds. The first-order valence-corrected chi connectivity index (χ1v) is 33.1. The second kappa shape index (κ2) is 39.2. The minimum atomic E-state index is -1.87. The molecule has 1 heterocycles. The summed E-state index contributed by atoms with van der Waals surface area (Å²) in [7, 11) is 8.97. The third-order valence-corrected chi connectivity index (χ3v) is 17.8. The second-order valence-corrected chi connectivity index (χ2v) is 28.1. The topological polar surface area (TPSA) is 300 Å². The molecule has 0 aromatic carbocycles. The monoisotopic (exact) mass is 1270 g/mol. The van der Waals surface area contributed by atoms with Crippen molar-refractivity contribution in [1.29, 1.82) is 0 Å². The molecule has 1 fully saturated rings. The van der Waals surface area contributed by atoms with Crippen LogP contribution in [0.5, 0.6) is 0 Å². The van der Waals surface area contributed by atoms with Gasteiger partial charge < -0.3 is 61.0 Å². The standard InChI is InChI=1S/C66H122N12O12/c1-22-25-51(62(89)73(17)50(14)61(88)76(20)65(41-81,37-45(6)7)70-53(39-79)47(10)11)69-60(87)57(55(83)35-49(13)29-33-78-31-23-24-32-78)74(18)56(84)36-48(12)28-30-68-59(86)54(27-26-43(2)3)75(19)66(42-82,38-46(8)9)77(21)63(90)72-64(15,40-80)71-58(85)52(67-16)34-44(4)5/h39-55,57,67,70,83H,22-38H2,1-21H3,(H,68,86)(H,69,87)(H,71,85)(H,72,90). The highest BCUT2D eigenvalue weighted by Gasteiger charge is 2.48. The van der Waals surface area contributed by atoms with Crippen LogP contribution in [-0.2, 0) is 47.9 Å². The fourth-order valence-corrected chi connectivity index (χ4v) is 11.9. The van der Waals surface area contributed by atoms with Gasteiger partial charge in [-0.05, 0) is 160 Å². The first-order chi connectivity index (χ1) is 41.9. The van der Waals surface area contributed by atoms with E-state index in [0.29, 0.717) is 57.2 Å². The predicted octanol–water partition coefficient (Wildman–Crippen LogP) is 4.55. The Labute approximate surface area is 540 Å². The summed E-state index contributed by atoms with van der Waals surface area (Å²) in [6, 6.07) is -6.97. The number of urea groups is 1. The van der Waals surface area contributed by atoms with E-state index >= 15 is 0 Å². The second-order valence-electron chi connectivity index (χ2n) is 28.1. The van der Waals surface area contributed by atoms with Crippen LogP contribution in [0.15, 0.2) is 0 Å². The number of carbonyl (C=O) groups excluding carboxylic acids is 11. The van der Waals surface area contributed by atoms with Gasteiger partial charge in [-0.25, -0.2) is 4.79 Å². The highest BCUT2D eigenvalue weighted by atomic mass is 16.3. The summed E-state index contributed by atoms with van der Waals surface area (Å²) in [6.45, 7) is 30.5. The quantitative estimate of drug-likeness (QED) is 0.0325. The van der Waals surface area contributed by atoms with Crippen molar-refractivity contribution in [3.05, 3.63) is 0 Å². The van der Waals surface area contributed by atoms with Gasteiger partial charge in [-0.2, -0.15) is 0 Å². The predicted molar refractivity (Wildman–Crippen MR) is 351 cm³/mol. The molecule has 0 aromatic rings. The SMILES string of the molecule is CCCC(NC(=O)C(C(O)CC(C)CCN1CCCC1)N(C)C(=O)CC(C)CCNC(=O)C(CCC(C)C)N(C)C(C=O)(CC(C)C)N(C)C(=O)NC(C)(C=O)NC(=O)C(CC(C)C)NC)C(=O)N(C)C(C)C(=O)N(C)C(C=O)(CC(C)C)NC(C=O)C(C)C. The zero-order valence-corrected chi connectivity index (χ0v) is 59.0. The number of hydrogen-bond donors (Lipinski definition) is 7. The van der Waals surface area contributed by atoms with Crippen molar-refractivity contribution in [1.82, 2.24) is 61.3 Å². The van der Waals surface area contributed by atoms with Crippen molar-refractivity contribution >= 4 is 66.6 Å². The molecule has 0 saturated carbocycles. The number of nitrogens with zero attached hydrogens (tertiary/aromatic N) is 6. The molecule has 0 spiro atoms. The molecule has 0 aromatic heterocycles. The van der Waals surface area contributed by atoms with E-state index in [1.54, 1.807) is 19.0 Å². The van der Waals surface area contributed by atoms with Crippen molar-refractivity contribution in [2.75, 3.05) is 68.5 Å². The lowest BCUT2D eigenvalue weighted by Crippen LogP contribution is -2.70. The van der Waals surface area contributed by atoms with Crippen molar-refractivity contribution in [2.24, 2.45) is 41.4 Å². The van der Waals surface area contributed by atoms with Gasteiger partial charge in [0.1, 0.15) is 24.4 Å². The molecule has 0 radical (unpaired) electrons. The highest BCUT2D eigenvalue weighted by molar-refractivity contribution is 5.95. The van der Waals surface area contributed by atoms with Gasteiger partial charge in [-0.3, -0.25) is 53.4 Å². The number of likely N-dealkylation sites (tertiary alicyclic amines) is 1. The molecule has 1 aliphatic heterocycles. The Balaban J connectivity index is 3.58. The zero-order chi connectivity index (χ0) is 69.2. The Bertz CT molecular complexity index is 2300. The van der Waals surface area contributed by atoms with Gasteiger partial charge in [-0.1, -0.05) is 96.4 Å². The molecule has 1 saturated heterocycles. The number of aldehydes is 4. The molecule has 0 aliphatic carbocycles. The molecular weight excluding hydrogens is 1150 g/mol. The number of amides is 8. The minimum absolute atomic E-state index is 0.0532. The molecule has 90 heavy (non-hydrogen) atoms. The van der Waals surface area contributed by atoms with E-state index in [9.17, 15) is 57.8 Å². The average Bonchev–Trinajstić information content (AvgIpc) is 0.865. The lowest BCUT2D eigenvalue weighted by atomic mass is 9.92. The molecule has 24 nitrogen and oxygen atoms in total. The maximum absolute atomic E-state index is 14.8. The first kappa shape index (κ1) is 82.6. The Morgan fingerprint density at radius 2 is 1.22 bits per heavy atom. The number of rotatable bonds is 44. The number of carbonyl (C=O) groups is 11. The molecular formula is C66H122N12O12. The zero-order valence-electron chi connectivity index (χ0n) is 59.0. The number of hydrogen-bond acceptors (Lipinski definition) is 16. The van der Waals surface area contributed by atoms with E-state index < -0.39 is 101 Å². The third-order valence-electron chi connectivity index (χ3n) is 17.8. The molecule has 1 aliphatic rings. The Hall–Kier alpha value is -5.43. The van der Waals surface area contributed by atoms with Crippen LogP contribution in [0.2, 0.25) is 0 Å². The Morgan fingerprint density at radius 1 is 0.622 bits per heavy atom. The van der Waals surface area contributed by atoms with Crippen LogP contribution in [0.1, 0.15) is 187 Å². The summed E-state index contributed by atoms with van der Waals surface area (Å²) in [4.78, 5) is 160. The lowest BCUT2D eigenvalue weighted by molar-refractivity contribution is -0.153. The van der Waals surface area contributed by atoms with Gasteiger partial charge in [-0.15, -0.1) is 0 Å². The van der Waals surface area contributed by atoms with Crippen LogP contribution in [-0.4, -0.2) is 229 Å². The smallest absolute Gasteiger partial charge is 0.321 e. The molecule has 1 rings (SSSR count). The minimum Gasteiger partial charge on any atom is -0.390 e. The van der Waals surface area contributed by atoms with Crippen LogP contribution < -0.4 is 31.9 Å². The van der Waals surface area contributed by atoms with Crippen LogP contribution in [0.4, 0.5) is 4.79 Å². The van der Waals surface area contributed by atoms with Crippen molar-refractivity contribution < 1.29 is 57.8 Å². The van der Waals surface area contributed by atoms with Gasteiger partial charge in [0.2, 0.25) is 35.4 Å². The third kappa shape index (κ3) is 24.9. The van der Waals surface area contributed by atoms with Crippen LogP contribution in [0, 0.1) is 41.4 Å². The number of aliphatic hydroxyl groups excluding tert-OH is 1. The summed E-state index contributed by atoms with van der Waals surface area (Å²) in [5.41, 5.74) is -5.17. The molecule has 24 heteroatoms. The van der Waals surface area contributed by atoms with Crippen LogP contribution >= 0.6 is 0 Å². The maximum Gasteiger partial charge on any atom is 0.321 e. The maximum atomic E-state index is 14.8. The fraction of sp³-hybridized carbons (Fsp3) is 0.833. The molecule has 518 valence electrons. The van der Waals surface area contributed by atoms with Gasteiger partial charge in [0, 0.05) is 41.2 Å². The van der Waals surface area contributed by atoms with Crippen molar-refractivity contribution in [3.63, 3.8) is 0 Å². The Morgan fingerprint density at radius 3 is 1.71 bits per heavy atom. The fourth-order valence-electron chi connectivity index (χ4n) is 11.9. The van der Waals surface area contributed by atoms with Gasteiger partial charge >= 0.3 is 6.03 Å². The van der Waals surface area contributed by atoms with E-state index in [2.05, 4.69) is 36.8 Å². The Kier molecular flexibility index (Phi) is 36.0. The van der Waals surface area contributed by atoms with Crippen molar-refractivity contribution in [3.8, 4) is 0 Å². The van der Waals surface area contributed by atoms with Gasteiger partial charge in [0.05, 0.1) is 24.2 Å². The number of nitrogens with one attached hydrogen (secondary N) is 6. The van der Waals surface area contributed by atoms with Gasteiger partial charge in [0.15, 0.2) is 35.8 Å². The van der Waals surface area contributed by atoms with E-state index in [-0.39, 0.29) is 80.1 Å². The number of aliphatic hydroxyl groups is 1. The highest BCUT2D eigenvalue weighted by Crippen LogP contribution is 2.30. The molecule has 7 N–H and O–H groups in total. The normalized spacial score (nSPS) is 18.0. The lowest BCUT2D eigenvalue weighted by Gasteiger charge is -2.48. The summed E-state index contributed by atoms with van der Waals surface area (Å²) < 4.78 is 0. The van der Waals surface area contributed by atoms with Gasteiger partial charge in [0.25, 0.3) is 0 Å². The summed E-state index contributed by atoms with van der Waals surface area (Å²) in [5.74, 6) is -3.96.